The first-order chi connectivity index (χ1) is 9.52. The quantitative estimate of drug-likeness (QED) is 0.903. The normalized spacial score (nSPS) is 10.8. The van der Waals surface area contributed by atoms with Gasteiger partial charge >= 0.3 is 0 Å². The molecule has 0 radical (unpaired) electrons. The molecule has 0 aromatic carbocycles. The van der Waals surface area contributed by atoms with E-state index < -0.39 is 0 Å². The molecule has 0 aliphatic carbocycles. The van der Waals surface area contributed by atoms with Crippen molar-refractivity contribution in [3.05, 3.63) is 33.1 Å². The SMILES string of the molecule is Cc1noc(C)c1CN(C)C(=O)c1csc(CCN)n1. The van der Waals surface area contributed by atoms with Crippen LogP contribution in [0.25, 0.3) is 0 Å². The number of carbonyl (C=O) groups is 1. The molecule has 108 valence electrons. The molecule has 7 heteroatoms. The maximum absolute atomic E-state index is 12.3. The van der Waals surface area contributed by atoms with Crippen LogP contribution in [0.1, 0.15) is 32.5 Å². The van der Waals surface area contributed by atoms with Gasteiger partial charge in [-0.2, -0.15) is 0 Å². The van der Waals surface area contributed by atoms with Gasteiger partial charge in [-0.25, -0.2) is 4.98 Å². The summed E-state index contributed by atoms with van der Waals surface area (Å²) in [6.45, 7) is 4.71. The van der Waals surface area contributed by atoms with E-state index in [0.29, 0.717) is 25.2 Å². The summed E-state index contributed by atoms with van der Waals surface area (Å²) in [5, 5.41) is 6.55. The molecule has 0 unspecified atom stereocenters. The van der Waals surface area contributed by atoms with Gasteiger partial charge < -0.3 is 15.2 Å². The number of thiazole rings is 1. The number of hydrogen-bond donors (Lipinski definition) is 1. The van der Waals surface area contributed by atoms with Crippen molar-refractivity contribution >= 4 is 17.2 Å². The lowest BCUT2D eigenvalue weighted by Crippen LogP contribution is -2.27. The molecule has 0 saturated carbocycles. The van der Waals surface area contributed by atoms with Crippen molar-refractivity contribution in [2.75, 3.05) is 13.6 Å². The van der Waals surface area contributed by atoms with Crippen molar-refractivity contribution in [1.82, 2.24) is 15.0 Å². The lowest BCUT2D eigenvalue weighted by Gasteiger charge is -2.15. The molecule has 0 aliphatic rings. The van der Waals surface area contributed by atoms with E-state index in [1.807, 2.05) is 13.8 Å². The Bertz CT molecular complexity index is 586. The molecule has 0 atom stereocenters. The van der Waals surface area contributed by atoms with Crippen molar-refractivity contribution in [2.45, 2.75) is 26.8 Å². The molecule has 0 saturated heterocycles. The maximum atomic E-state index is 12.3. The number of carbonyl (C=O) groups excluding carboxylic acids is 1. The van der Waals surface area contributed by atoms with E-state index in [4.69, 9.17) is 10.3 Å². The van der Waals surface area contributed by atoms with Crippen molar-refractivity contribution in [3.63, 3.8) is 0 Å². The van der Waals surface area contributed by atoms with Gasteiger partial charge in [0.25, 0.3) is 5.91 Å². The molecule has 20 heavy (non-hydrogen) atoms. The average Bonchev–Trinajstić information content (AvgIpc) is 3.00. The summed E-state index contributed by atoms with van der Waals surface area (Å²) in [4.78, 5) is 18.2. The number of hydrogen-bond acceptors (Lipinski definition) is 6. The number of nitrogens with two attached hydrogens (primary N) is 1. The minimum absolute atomic E-state index is 0.107. The summed E-state index contributed by atoms with van der Waals surface area (Å²) in [7, 11) is 1.75. The van der Waals surface area contributed by atoms with E-state index in [2.05, 4.69) is 10.1 Å². The van der Waals surface area contributed by atoms with Crippen molar-refractivity contribution in [3.8, 4) is 0 Å². The molecular weight excluding hydrogens is 276 g/mol. The summed E-state index contributed by atoms with van der Waals surface area (Å²) in [5.41, 5.74) is 7.70. The lowest BCUT2D eigenvalue weighted by atomic mass is 10.2. The average molecular weight is 294 g/mol. The minimum Gasteiger partial charge on any atom is -0.361 e. The third kappa shape index (κ3) is 3.05. The van der Waals surface area contributed by atoms with Crippen LogP contribution < -0.4 is 5.73 Å². The van der Waals surface area contributed by atoms with Gasteiger partial charge in [0.05, 0.1) is 17.2 Å². The smallest absolute Gasteiger partial charge is 0.273 e. The molecule has 0 aliphatic heterocycles. The fraction of sp³-hybridized carbons (Fsp3) is 0.462. The van der Waals surface area contributed by atoms with E-state index in [1.54, 1.807) is 17.3 Å². The highest BCUT2D eigenvalue weighted by molar-refractivity contribution is 7.09. The van der Waals surface area contributed by atoms with Crippen LogP contribution in [-0.2, 0) is 13.0 Å². The topological polar surface area (TPSA) is 85.2 Å². The predicted molar refractivity (Wildman–Crippen MR) is 76.6 cm³/mol. The van der Waals surface area contributed by atoms with Crippen LogP contribution in [-0.4, -0.2) is 34.5 Å². The molecule has 0 bridgehead atoms. The molecule has 2 heterocycles. The van der Waals surface area contributed by atoms with E-state index in [1.165, 1.54) is 11.3 Å². The molecule has 0 spiro atoms. The molecule has 2 aromatic rings. The first-order valence-corrected chi connectivity index (χ1v) is 7.22. The van der Waals surface area contributed by atoms with Gasteiger partial charge in [-0.05, 0) is 20.4 Å². The van der Waals surface area contributed by atoms with E-state index in [9.17, 15) is 4.79 Å². The van der Waals surface area contributed by atoms with Gasteiger partial charge in [0.1, 0.15) is 11.5 Å². The number of aryl methyl sites for hydroxylation is 2. The Hall–Kier alpha value is -1.73. The Labute approximate surface area is 121 Å². The largest absolute Gasteiger partial charge is 0.361 e. The van der Waals surface area contributed by atoms with Gasteiger partial charge in [0, 0.05) is 24.4 Å². The highest BCUT2D eigenvalue weighted by Gasteiger charge is 2.18. The zero-order chi connectivity index (χ0) is 14.7. The Morgan fingerprint density at radius 3 is 2.85 bits per heavy atom. The van der Waals surface area contributed by atoms with Gasteiger partial charge in [-0.3, -0.25) is 4.79 Å². The third-order valence-electron chi connectivity index (χ3n) is 3.05. The number of amides is 1. The van der Waals surface area contributed by atoms with E-state index in [0.717, 1.165) is 22.0 Å². The summed E-state index contributed by atoms with van der Waals surface area (Å²) >= 11 is 1.46. The summed E-state index contributed by atoms with van der Waals surface area (Å²) in [5.74, 6) is 0.633. The van der Waals surface area contributed by atoms with E-state index >= 15 is 0 Å². The second kappa shape index (κ2) is 6.15. The Morgan fingerprint density at radius 2 is 2.25 bits per heavy atom. The highest BCUT2D eigenvalue weighted by atomic mass is 32.1. The zero-order valence-corrected chi connectivity index (χ0v) is 12.7. The Morgan fingerprint density at radius 1 is 1.50 bits per heavy atom. The molecule has 2 rings (SSSR count). The Kier molecular flexibility index (Phi) is 4.51. The van der Waals surface area contributed by atoms with Crippen LogP contribution in [0.15, 0.2) is 9.90 Å². The standard InChI is InChI=1S/C13H18N4O2S/c1-8-10(9(2)19-16-8)6-17(3)13(18)11-7-20-12(15-11)4-5-14/h7H,4-6,14H2,1-3H3. The summed E-state index contributed by atoms with van der Waals surface area (Å²) < 4.78 is 5.10. The fourth-order valence-electron chi connectivity index (χ4n) is 1.88. The summed E-state index contributed by atoms with van der Waals surface area (Å²) in [6.07, 6.45) is 0.700. The molecular formula is C13H18N4O2S. The Balaban J connectivity index is 2.08. The van der Waals surface area contributed by atoms with Crippen LogP contribution in [0.4, 0.5) is 0 Å². The van der Waals surface area contributed by atoms with Gasteiger partial charge in [0.2, 0.25) is 0 Å². The van der Waals surface area contributed by atoms with Gasteiger partial charge in [0.15, 0.2) is 0 Å². The van der Waals surface area contributed by atoms with Crippen LogP contribution in [0.5, 0.6) is 0 Å². The van der Waals surface area contributed by atoms with E-state index in [-0.39, 0.29) is 5.91 Å². The zero-order valence-electron chi connectivity index (χ0n) is 11.8. The molecule has 2 N–H and O–H groups in total. The first-order valence-electron chi connectivity index (χ1n) is 6.34. The highest BCUT2D eigenvalue weighted by Crippen LogP contribution is 2.17. The van der Waals surface area contributed by atoms with Crippen molar-refractivity contribution in [2.24, 2.45) is 5.73 Å². The first kappa shape index (κ1) is 14.7. The predicted octanol–water partition coefficient (Wildman–Crippen LogP) is 1.52. The van der Waals surface area contributed by atoms with Gasteiger partial charge in [-0.1, -0.05) is 5.16 Å². The van der Waals surface area contributed by atoms with Crippen LogP contribution in [0, 0.1) is 13.8 Å². The maximum Gasteiger partial charge on any atom is 0.273 e. The molecule has 6 nitrogen and oxygen atoms in total. The molecule has 2 aromatic heterocycles. The molecule has 1 amide bonds. The molecule has 0 fully saturated rings. The number of nitrogens with zero attached hydrogens (tertiary/aromatic N) is 3. The van der Waals surface area contributed by atoms with Crippen molar-refractivity contribution < 1.29 is 9.32 Å². The van der Waals surface area contributed by atoms with Crippen LogP contribution in [0.3, 0.4) is 0 Å². The lowest BCUT2D eigenvalue weighted by molar-refractivity contribution is 0.0779. The number of rotatable bonds is 5. The van der Waals surface area contributed by atoms with Crippen LogP contribution >= 0.6 is 11.3 Å². The van der Waals surface area contributed by atoms with Crippen LogP contribution in [0.2, 0.25) is 0 Å². The monoisotopic (exact) mass is 294 g/mol. The number of aromatic nitrogens is 2. The van der Waals surface area contributed by atoms with Gasteiger partial charge in [-0.15, -0.1) is 11.3 Å². The summed E-state index contributed by atoms with van der Waals surface area (Å²) in [6, 6.07) is 0. The second-order valence-electron chi connectivity index (χ2n) is 4.63. The van der Waals surface area contributed by atoms with Crippen molar-refractivity contribution in [1.29, 1.82) is 0 Å². The minimum atomic E-state index is -0.107. The second-order valence-corrected chi connectivity index (χ2v) is 5.57. The third-order valence-corrected chi connectivity index (χ3v) is 3.96. The fourth-order valence-corrected chi connectivity index (χ4v) is 2.67.